The van der Waals surface area contributed by atoms with E-state index in [1.807, 2.05) is 12.1 Å². The molecule has 0 saturated heterocycles. The zero-order valence-corrected chi connectivity index (χ0v) is 14.5. The maximum Gasteiger partial charge on any atom is 0.251 e. The summed E-state index contributed by atoms with van der Waals surface area (Å²) in [6, 6.07) is 5.42. The van der Waals surface area contributed by atoms with Crippen LogP contribution >= 0.6 is 11.6 Å². The summed E-state index contributed by atoms with van der Waals surface area (Å²) in [5.41, 5.74) is 2.76. The molecule has 1 atom stereocenters. The largest absolute Gasteiger partial charge is 0.480 e. The van der Waals surface area contributed by atoms with Crippen LogP contribution in [0.3, 0.4) is 0 Å². The van der Waals surface area contributed by atoms with Gasteiger partial charge in [-0.15, -0.1) is 0 Å². The Bertz CT molecular complexity index is 930. The second kappa shape index (κ2) is 7.67. The number of benzene rings is 1. The van der Waals surface area contributed by atoms with Gasteiger partial charge in [0.15, 0.2) is 6.10 Å². The van der Waals surface area contributed by atoms with Gasteiger partial charge >= 0.3 is 0 Å². The number of aromatic amines is 1. The predicted octanol–water partition coefficient (Wildman–Crippen LogP) is 2.23. The fraction of sp³-hybridized carbons (Fsp3) is 0.235. The van der Waals surface area contributed by atoms with E-state index in [2.05, 4.69) is 20.3 Å². The third-order valence-electron chi connectivity index (χ3n) is 3.78. The fourth-order valence-corrected chi connectivity index (χ4v) is 2.70. The number of rotatable bonds is 6. The van der Waals surface area contributed by atoms with E-state index < -0.39 is 18.7 Å². The lowest BCUT2D eigenvalue weighted by atomic mass is 10.1. The summed E-state index contributed by atoms with van der Waals surface area (Å²) in [5, 5.41) is 12.9. The Morgan fingerprint density at radius 3 is 2.85 bits per heavy atom. The summed E-state index contributed by atoms with van der Waals surface area (Å²) in [6.45, 7) is -1.000. The van der Waals surface area contributed by atoms with Crippen molar-refractivity contribution in [3.05, 3.63) is 41.3 Å². The first-order chi connectivity index (χ1) is 12.5. The second-order valence-corrected chi connectivity index (χ2v) is 5.95. The van der Waals surface area contributed by atoms with Gasteiger partial charge in [0.2, 0.25) is 5.88 Å². The number of carbonyl (C=O) groups excluding carboxylic acids is 1. The molecule has 1 amide bonds. The highest BCUT2D eigenvalue weighted by atomic mass is 35.5. The highest BCUT2D eigenvalue weighted by molar-refractivity contribution is 6.34. The molecule has 136 valence electrons. The highest BCUT2D eigenvalue weighted by Crippen LogP contribution is 2.31. The first kappa shape index (κ1) is 18.1. The molecule has 0 radical (unpaired) electrons. The molecule has 9 heteroatoms. The lowest BCUT2D eigenvalue weighted by Gasteiger charge is -2.06. The second-order valence-electron chi connectivity index (χ2n) is 5.55. The van der Waals surface area contributed by atoms with E-state index in [1.54, 1.807) is 12.3 Å². The molecule has 1 aromatic carbocycles. The molecule has 0 aliphatic carbocycles. The Kier molecular flexibility index (Phi) is 5.34. The molecule has 0 spiro atoms. The van der Waals surface area contributed by atoms with Gasteiger partial charge in [0, 0.05) is 22.2 Å². The molecule has 1 unspecified atom stereocenters. The minimum atomic E-state index is -1.66. The van der Waals surface area contributed by atoms with Crippen molar-refractivity contribution in [2.24, 2.45) is 0 Å². The Morgan fingerprint density at radius 1 is 1.38 bits per heavy atom. The summed E-state index contributed by atoms with van der Waals surface area (Å²) in [6.07, 6.45) is 1.41. The van der Waals surface area contributed by atoms with Gasteiger partial charge in [0.05, 0.1) is 36.8 Å². The number of aliphatic hydroxyl groups is 1. The molecule has 2 aromatic heterocycles. The number of halogens is 2. The van der Waals surface area contributed by atoms with Crippen molar-refractivity contribution in [3.8, 4) is 17.1 Å². The molecule has 7 nitrogen and oxygen atoms in total. The maximum absolute atomic E-state index is 12.3. The van der Waals surface area contributed by atoms with Crippen LogP contribution in [-0.2, 0) is 11.3 Å². The van der Waals surface area contributed by atoms with Crippen molar-refractivity contribution in [2.45, 2.75) is 12.6 Å². The maximum atomic E-state index is 12.3. The van der Waals surface area contributed by atoms with Gasteiger partial charge in [-0.05, 0) is 18.2 Å². The summed E-state index contributed by atoms with van der Waals surface area (Å²) < 4.78 is 17.3. The molecule has 26 heavy (non-hydrogen) atoms. The van der Waals surface area contributed by atoms with Crippen LogP contribution in [0.15, 0.2) is 30.6 Å². The van der Waals surface area contributed by atoms with Crippen LogP contribution < -0.4 is 10.1 Å². The molecule has 3 N–H and O–H groups in total. The van der Waals surface area contributed by atoms with E-state index in [9.17, 15) is 9.18 Å². The smallest absolute Gasteiger partial charge is 0.251 e. The standard InChI is InChI=1S/C17H16ClFN4O3/c1-26-16-8-20-14(7-21-16)11-4-13-9(3-12(11)18)2-10(23-13)6-22-17(25)15(24)5-19/h2-4,7-8,15,23-24H,5-6H2,1H3,(H,22,25). The number of fused-ring (bicyclic) bond motifs is 1. The first-order valence-electron chi connectivity index (χ1n) is 7.71. The molecule has 3 rings (SSSR count). The average Bonchev–Trinajstić information content (AvgIpc) is 3.06. The van der Waals surface area contributed by atoms with Gasteiger partial charge in [0.25, 0.3) is 5.91 Å². The quantitative estimate of drug-likeness (QED) is 0.610. The molecule has 0 fully saturated rings. The number of hydrogen-bond donors (Lipinski definition) is 3. The van der Waals surface area contributed by atoms with Gasteiger partial charge < -0.3 is 20.1 Å². The number of hydrogen-bond acceptors (Lipinski definition) is 5. The minimum absolute atomic E-state index is 0.125. The third kappa shape index (κ3) is 3.76. The number of alkyl halides is 1. The summed E-state index contributed by atoms with van der Waals surface area (Å²) in [7, 11) is 1.51. The van der Waals surface area contributed by atoms with Gasteiger partial charge in [-0.1, -0.05) is 11.6 Å². The monoisotopic (exact) mass is 378 g/mol. The fourth-order valence-electron chi connectivity index (χ4n) is 2.44. The Morgan fingerprint density at radius 2 is 2.19 bits per heavy atom. The Labute approximate surface area is 153 Å². The van der Waals surface area contributed by atoms with Crippen LogP contribution in [0.25, 0.3) is 22.2 Å². The predicted molar refractivity (Wildman–Crippen MR) is 94.7 cm³/mol. The first-order valence-corrected chi connectivity index (χ1v) is 8.09. The van der Waals surface area contributed by atoms with Crippen molar-refractivity contribution in [2.75, 3.05) is 13.8 Å². The van der Waals surface area contributed by atoms with E-state index in [-0.39, 0.29) is 6.54 Å². The average molecular weight is 379 g/mol. The van der Waals surface area contributed by atoms with E-state index >= 15 is 0 Å². The van der Waals surface area contributed by atoms with E-state index in [1.165, 1.54) is 13.3 Å². The number of ether oxygens (including phenoxy) is 1. The van der Waals surface area contributed by atoms with Gasteiger partial charge in [0.1, 0.15) is 6.67 Å². The summed E-state index contributed by atoms with van der Waals surface area (Å²) in [4.78, 5) is 23.0. The van der Waals surface area contributed by atoms with Crippen LogP contribution in [0.4, 0.5) is 4.39 Å². The Hall–Kier alpha value is -2.71. The zero-order valence-electron chi connectivity index (χ0n) is 13.8. The SMILES string of the molecule is COc1cnc(-c2cc3[nH]c(CNC(=O)C(O)CF)cc3cc2Cl)cn1. The molecule has 0 aliphatic rings. The third-order valence-corrected chi connectivity index (χ3v) is 4.09. The van der Waals surface area contributed by atoms with Crippen LogP contribution in [0.5, 0.6) is 5.88 Å². The van der Waals surface area contributed by atoms with Crippen LogP contribution in [-0.4, -0.2) is 45.9 Å². The normalized spacial score (nSPS) is 12.2. The number of nitrogens with zero attached hydrogens (tertiary/aromatic N) is 2. The van der Waals surface area contributed by atoms with Crippen molar-refractivity contribution in [1.29, 1.82) is 0 Å². The van der Waals surface area contributed by atoms with Crippen LogP contribution in [0, 0.1) is 0 Å². The minimum Gasteiger partial charge on any atom is -0.480 e. The molecule has 2 heterocycles. The van der Waals surface area contributed by atoms with Gasteiger partial charge in [-0.3, -0.25) is 4.79 Å². The molecule has 0 saturated carbocycles. The molecule has 0 aliphatic heterocycles. The van der Waals surface area contributed by atoms with Crippen molar-refractivity contribution < 1.29 is 19.0 Å². The van der Waals surface area contributed by atoms with Crippen molar-refractivity contribution in [3.63, 3.8) is 0 Å². The number of aliphatic hydroxyl groups excluding tert-OH is 1. The molecular formula is C17H16ClFN4O3. The number of H-pyrrole nitrogens is 1. The van der Waals surface area contributed by atoms with Crippen molar-refractivity contribution in [1.82, 2.24) is 20.3 Å². The number of methoxy groups -OCH3 is 1. The van der Waals surface area contributed by atoms with Crippen LogP contribution in [0.1, 0.15) is 5.69 Å². The lowest BCUT2D eigenvalue weighted by molar-refractivity contribution is -0.130. The zero-order chi connectivity index (χ0) is 18.7. The number of aromatic nitrogens is 3. The van der Waals surface area contributed by atoms with Crippen molar-refractivity contribution >= 4 is 28.4 Å². The Balaban J connectivity index is 1.84. The topological polar surface area (TPSA) is 100 Å². The van der Waals surface area contributed by atoms with E-state index in [0.717, 1.165) is 10.9 Å². The van der Waals surface area contributed by atoms with Gasteiger partial charge in [-0.25, -0.2) is 14.4 Å². The number of amides is 1. The molecular weight excluding hydrogens is 363 g/mol. The summed E-state index contributed by atoms with van der Waals surface area (Å²) in [5.74, 6) is -0.363. The molecule has 3 aromatic rings. The molecule has 0 bridgehead atoms. The number of nitrogens with one attached hydrogen (secondary N) is 2. The van der Waals surface area contributed by atoms with Gasteiger partial charge in [-0.2, -0.15) is 0 Å². The van der Waals surface area contributed by atoms with Crippen LogP contribution in [0.2, 0.25) is 5.02 Å². The number of carbonyl (C=O) groups is 1. The van der Waals surface area contributed by atoms with E-state index in [4.69, 9.17) is 21.4 Å². The lowest BCUT2D eigenvalue weighted by Crippen LogP contribution is -2.35. The highest BCUT2D eigenvalue weighted by Gasteiger charge is 2.15. The summed E-state index contributed by atoms with van der Waals surface area (Å²) >= 11 is 6.35. The van der Waals surface area contributed by atoms with E-state index in [0.29, 0.717) is 27.9 Å².